The molecule has 0 saturated heterocycles. The molecule has 8 aliphatic rings. The summed E-state index contributed by atoms with van der Waals surface area (Å²) in [6, 6.07) is 8.17. The van der Waals surface area contributed by atoms with Gasteiger partial charge in [0.1, 0.15) is 65.5 Å². The molecule has 13 rings (SSSR count). The van der Waals surface area contributed by atoms with Crippen molar-refractivity contribution in [2.24, 2.45) is 0 Å². The van der Waals surface area contributed by atoms with Gasteiger partial charge in [-0.2, -0.15) is 5.10 Å². The van der Waals surface area contributed by atoms with Crippen molar-refractivity contribution in [3.05, 3.63) is 149 Å². The van der Waals surface area contributed by atoms with Crippen molar-refractivity contribution in [2.75, 3.05) is 52.6 Å². The second-order valence-corrected chi connectivity index (χ2v) is 25.7. The molecule has 5 aromatic rings. The van der Waals surface area contributed by atoms with Crippen LogP contribution in [-0.2, 0) is 73.7 Å². The summed E-state index contributed by atoms with van der Waals surface area (Å²) in [7, 11) is 0. The van der Waals surface area contributed by atoms with Gasteiger partial charge in [-0.1, -0.05) is 46.4 Å². The molecule has 8 amide bonds. The number of carbonyl (C=O) groups is 12. The molecule has 0 bridgehead atoms. The van der Waals surface area contributed by atoms with Crippen molar-refractivity contribution in [1.82, 2.24) is 14.8 Å². The molecule has 5 heterocycles. The monoisotopic (exact) mass is 1580 g/mol. The number of anilines is 4. The van der Waals surface area contributed by atoms with Crippen LogP contribution in [0.2, 0.25) is 20.1 Å². The van der Waals surface area contributed by atoms with Crippen LogP contribution in [0, 0.1) is 23.3 Å². The van der Waals surface area contributed by atoms with Gasteiger partial charge in [-0.05, 0) is 146 Å². The van der Waals surface area contributed by atoms with Gasteiger partial charge in [0, 0.05) is 68.9 Å². The summed E-state index contributed by atoms with van der Waals surface area (Å²) in [5.74, 6) is -10.7. The summed E-state index contributed by atoms with van der Waals surface area (Å²) in [6.45, 7) is -0.507. The van der Waals surface area contributed by atoms with Crippen LogP contribution in [0.25, 0.3) is 0 Å². The quantitative estimate of drug-likeness (QED) is 0.0257. The van der Waals surface area contributed by atoms with Gasteiger partial charge in [0.2, 0.25) is 0 Å². The molecule has 0 fully saturated rings. The van der Waals surface area contributed by atoms with Crippen molar-refractivity contribution in [2.45, 2.75) is 116 Å². The first-order valence-corrected chi connectivity index (χ1v) is 34.0. The number of hydrogen-bond donors (Lipinski definition) is 0. The third-order valence-corrected chi connectivity index (χ3v) is 18.3. The summed E-state index contributed by atoms with van der Waals surface area (Å²) in [5.41, 5.74) is 2.41. The molecule has 0 unspecified atom stereocenters. The van der Waals surface area contributed by atoms with E-state index >= 15 is 0 Å². The van der Waals surface area contributed by atoms with Crippen LogP contribution in [0.1, 0.15) is 110 Å². The van der Waals surface area contributed by atoms with E-state index in [9.17, 15) is 80.2 Å². The molecule has 4 aromatic carbocycles. The van der Waals surface area contributed by atoms with E-state index in [0.29, 0.717) is 96.0 Å². The van der Waals surface area contributed by atoms with Crippen molar-refractivity contribution in [3.63, 3.8) is 0 Å². The predicted molar refractivity (Wildman–Crippen MR) is 358 cm³/mol. The van der Waals surface area contributed by atoms with E-state index in [1.807, 2.05) is 0 Å². The molecule has 105 heavy (non-hydrogen) atoms. The molecule has 0 saturated carbocycles. The number of benzene rings is 4. The van der Waals surface area contributed by atoms with Crippen LogP contribution >= 0.6 is 58.0 Å². The second-order valence-electron chi connectivity index (χ2n) is 23.6. The maximum absolute atomic E-state index is 14.6. The average molecular weight is 1580 g/mol. The first-order chi connectivity index (χ1) is 49.7. The first-order valence-electron chi connectivity index (χ1n) is 32.1. The van der Waals surface area contributed by atoms with Crippen LogP contribution in [0.15, 0.2) is 106 Å². The van der Waals surface area contributed by atoms with Gasteiger partial charge in [-0.3, -0.25) is 43.2 Å². The number of nitrogens with zero attached hydrogens (tertiary/aromatic N) is 7. The number of carbonyl (C=O) groups excluding carboxylic acids is 12. The van der Waals surface area contributed by atoms with Gasteiger partial charge < -0.3 is 38.3 Å². The van der Waals surface area contributed by atoms with Crippen LogP contribution in [0.3, 0.4) is 0 Å². The Balaban J connectivity index is 0.000000162. The van der Waals surface area contributed by atoms with E-state index in [1.165, 1.54) is 17.3 Å². The Morgan fingerprint density at radius 1 is 0.419 bits per heavy atom. The van der Waals surface area contributed by atoms with Gasteiger partial charge in [-0.15, -0.1) is 0 Å². The number of amides is 8. The van der Waals surface area contributed by atoms with E-state index in [4.69, 9.17) is 86.4 Å². The molecule has 0 atom stereocenters. The van der Waals surface area contributed by atoms with Gasteiger partial charge >= 0.3 is 63.3 Å². The Morgan fingerprint density at radius 3 is 0.914 bits per heavy atom. The number of carboxylic acid groups (broad SMARTS) is 1. The number of imide groups is 4. The Kier molecular flexibility index (Phi) is 27.5. The summed E-state index contributed by atoms with van der Waals surface area (Å²) >= 11 is 28.8. The Bertz CT molecular complexity index is 4350. The largest absolute Gasteiger partial charge is 1.00 e. The SMILES string of the molecule is CCOC(=O)COc1cc(N2C(=O)C3=C(CCCC3)C2=O)c(F)cc1Cl.O=C(COc1cc(N2C(=O)C3=C(CCCC3)C2=O)c(F)cc1Cl)OCn1cncn1.O=C(Cl)COc1cc(N2C(=O)C3=C(CCCC3)C2=O)c(F)cc1Cl.O=C([O-])COc1cc(N2C(=O)C3=C(CCCC3)C2=O)c(F)cc1Cl.[K+]. The summed E-state index contributed by atoms with van der Waals surface area (Å²) in [6.07, 6.45) is 13.2. The van der Waals surface area contributed by atoms with Crippen molar-refractivity contribution in [3.8, 4) is 23.0 Å². The molecular formula is C69H57Cl5F4KN7O19. The number of ether oxygens (including phenoxy) is 6. The number of aliphatic carboxylic acids is 1. The third-order valence-electron chi connectivity index (χ3n) is 17.0. The number of carboxylic acids is 1. The average Bonchev–Trinajstić information content (AvgIpc) is 1.64. The van der Waals surface area contributed by atoms with Gasteiger partial charge in [0.15, 0.2) is 26.6 Å². The summed E-state index contributed by atoms with van der Waals surface area (Å²) < 4.78 is 89.2. The Hall–Kier alpha value is -8.37. The standard InChI is InChI=1S/C19H16ClFN4O5.C18H17ClFNO5.C16H12Cl2FNO4.C16H13ClFNO5.K/c20-13-5-14(21)15(25-18(27)11-3-1-2-4-12(11)19(25)28)6-16(13)29-7-17(26)30-10-24-9-22-8-23-24;1-2-25-16(22)9-26-15-8-14(13(20)7-12(15)19)21-17(23)10-5-3-4-6-11(10)18(21)24;17-10-5-11(19)12(6-13(10)24-7-14(18)21)20-15(22)8-3-1-2-4-9(8)16(20)23;17-10-5-11(18)12(6-13(10)24-7-14(20)21)19-15(22)8-3-1-2-4-9(8)16(19)23;/h5-6,8-9H,1-4,7,10H2;7-8H,2-6,9H2,1H3;5-6H,1-4,7H2;5-6H,1-4,7H2,(H,20,21);/q;;;;+1/p-1. The fourth-order valence-electron chi connectivity index (χ4n) is 12.3. The molecule has 0 radical (unpaired) electrons. The first kappa shape index (κ1) is 80.7. The van der Waals surface area contributed by atoms with Crippen molar-refractivity contribution < 1.29 is 160 Å². The van der Waals surface area contributed by atoms with Crippen molar-refractivity contribution >= 4 is 151 Å². The number of rotatable bonds is 19. The van der Waals surface area contributed by atoms with Gasteiger partial charge in [0.05, 0.1) is 55.4 Å². The zero-order chi connectivity index (χ0) is 75.0. The molecule has 4 aliphatic carbocycles. The predicted octanol–water partition coefficient (Wildman–Crippen LogP) is 7.28. The fourth-order valence-corrected chi connectivity index (χ4v) is 13.1. The molecule has 4 aliphatic heterocycles. The van der Waals surface area contributed by atoms with E-state index in [1.54, 1.807) is 6.92 Å². The van der Waals surface area contributed by atoms with E-state index in [-0.39, 0.29) is 131 Å². The van der Waals surface area contributed by atoms with Crippen LogP contribution in [-0.4, -0.2) is 118 Å². The minimum atomic E-state index is -1.48. The molecular weight excluding hydrogens is 1520 g/mol. The molecule has 546 valence electrons. The Morgan fingerprint density at radius 2 is 0.676 bits per heavy atom. The number of esters is 2. The number of halogens is 9. The van der Waals surface area contributed by atoms with E-state index in [2.05, 4.69) is 10.1 Å². The minimum Gasteiger partial charge on any atom is -0.546 e. The smallest absolute Gasteiger partial charge is 0.546 e. The number of aromatic nitrogens is 3. The molecule has 36 heteroatoms. The Labute approximate surface area is 661 Å². The molecule has 0 N–H and O–H groups in total. The summed E-state index contributed by atoms with van der Waals surface area (Å²) in [4.78, 5) is 152. The molecule has 1 aromatic heterocycles. The zero-order valence-corrected chi connectivity index (χ0v) is 62.5. The van der Waals surface area contributed by atoms with Gasteiger partial charge in [-0.25, -0.2) is 56.4 Å². The fraction of sp³-hybridized carbons (Fsp3) is 0.333. The van der Waals surface area contributed by atoms with E-state index < -0.39 is 120 Å². The third kappa shape index (κ3) is 18.2. The van der Waals surface area contributed by atoms with Crippen LogP contribution < -0.4 is 95.0 Å². The van der Waals surface area contributed by atoms with Gasteiger partial charge in [0.25, 0.3) is 52.5 Å². The second kappa shape index (κ2) is 35.8. The topological polar surface area (TPSA) is 327 Å². The number of hydrogen-bond acceptors (Lipinski definition) is 21. The molecule has 0 spiro atoms. The normalized spacial score (nSPS) is 16.7. The van der Waals surface area contributed by atoms with Crippen molar-refractivity contribution in [1.29, 1.82) is 0 Å². The molecule has 26 nitrogen and oxygen atoms in total. The minimum absolute atomic E-state index is 0. The van der Waals surface area contributed by atoms with E-state index in [0.717, 1.165) is 119 Å². The van der Waals surface area contributed by atoms with Crippen LogP contribution in [0.4, 0.5) is 40.3 Å². The summed E-state index contributed by atoms with van der Waals surface area (Å²) in [5, 5.41) is 13.1. The van der Waals surface area contributed by atoms with Crippen LogP contribution in [0.5, 0.6) is 23.0 Å². The maximum Gasteiger partial charge on any atom is 1.00 e. The zero-order valence-electron chi connectivity index (χ0n) is 55.6. The maximum atomic E-state index is 14.6.